The van der Waals surface area contributed by atoms with Gasteiger partial charge in [0.1, 0.15) is 21.9 Å². The van der Waals surface area contributed by atoms with Gasteiger partial charge in [-0.25, -0.2) is 9.97 Å². The monoisotopic (exact) mass is 453 g/mol. The topological polar surface area (TPSA) is 37.8 Å². The minimum absolute atomic E-state index is 0.0433. The third-order valence-electron chi connectivity index (χ3n) is 3.66. The number of nitrogens with zero attached hydrogens (tertiary/aromatic N) is 2. The average molecular weight is 454 g/mol. The summed E-state index contributed by atoms with van der Waals surface area (Å²) in [5.74, 6) is 6.05. The molecule has 0 fully saturated rings. The van der Waals surface area contributed by atoms with Crippen LogP contribution in [0.3, 0.4) is 0 Å². The summed E-state index contributed by atoms with van der Waals surface area (Å²) in [6, 6.07) is 3.12. The van der Waals surface area contributed by atoms with Crippen LogP contribution in [0.15, 0.2) is 40.9 Å². The number of fused-ring (bicyclic) bond motifs is 1. The predicted octanol–water partition coefficient (Wildman–Crippen LogP) is 7.24. The van der Waals surface area contributed by atoms with E-state index in [9.17, 15) is 19.4 Å². The predicted molar refractivity (Wildman–Crippen MR) is 105 cm³/mol. The highest BCUT2D eigenvalue weighted by molar-refractivity contribution is 8.45. The number of thiophene rings is 1. The van der Waals surface area contributed by atoms with Gasteiger partial charge in [0.05, 0.1) is 10.4 Å². The molecular weight excluding hydrogens is 441 g/mol. The van der Waals surface area contributed by atoms with E-state index in [4.69, 9.17) is 11.6 Å². The first-order chi connectivity index (χ1) is 12.8. The van der Waals surface area contributed by atoms with Gasteiger partial charge in [-0.3, -0.25) is 0 Å². The van der Waals surface area contributed by atoms with Gasteiger partial charge in [-0.1, -0.05) is 42.9 Å². The van der Waals surface area contributed by atoms with E-state index in [0.717, 1.165) is 16.3 Å². The normalized spacial score (nSPS) is 15.2. The van der Waals surface area contributed by atoms with Gasteiger partial charge in [0.15, 0.2) is 0 Å². The summed E-state index contributed by atoms with van der Waals surface area (Å²) in [6.07, 6.45) is 1.77. The smallest absolute Gasteiger partial charge is 0.310 e. The lowest BCUT2D eigenvalue weighted by Gasteiger charge is -2.40. The molecule has 0 radical (unpaired) electrons. The van der Waals surface area contributed by atoms with E-state index in [0.29, 0.717) is 18.3 Å². The average Bonchev–Trinajstić information content (AvgIpc) is 3.04. The van der Waals surface area contributed by atoms with Gasteiger partial charge in [-0.15, -0.1) is 11.3 Å². The molecule has 2 aromatic heterocycles. The van der Waals surface area contributed by atoms with Crippen LogP contribution in [-0.4, -0.2) is 16.0 Å². The van der Waals surface area contributed by atoms with E-state index < -0.39 is 20.1 Å². The maximum atomic E-state index is 12.8. The van der Waals surface area contributed by atoms with Crippen molar-refractivity contribution in [1.82, 2.24) is 9.97 Å². The fourth-order valence-electron chi connectivity index (χ4n) is 2.33. The Hall–Kier alpha value is -2.09. The van der Waals surface area contributed by atoms with Gasteiger partial charge in [0, 0.05) is 18.0 Å². The van der Waals surface area contributed by atoms with E-state index in [2.05, 4.69) is 27.1 Å². The lowest BCUT2D eigenvalue weighted by molar-refractivity contribution is 0.364. The number of nitrogens with one attached hydrogen (secondary N) is 1. The second-order valence-corrected chi connectivity index (χ2v) is 9.73. The van der Waals surface area contributed by atoms with E-state index >= 15 is 0 Å². The maximum absolute atomic E-state index is 12.8. The summed E-state index contributed by atoms with van der Waals surface area (Å²) in [5, 5.41) is 5.48. The minimum Gasteiger partial charge on any atom is -0.366 e. The van der Waals surface area contributed by atoms with Crippen LogP contribution in [0.25, 0.3) is 10.2 Å². The zero-order valence-electron chi connectivity index (χ0n) is 14.2. The van der Waals surface area contributed by atoms with Crippen molar-refractivity contribution < 1.29 is 19.4 Å². The zero-order chi connectivity index (χ0) is 20.6. The van der Waals surface area contributed by atoms with Crippen LogP contribution in [-0.2, 0) is 0 Å². The molecule has 150 valence electrons. The van der Waals surface area contributed by atoms with Crippen molar-refractivity contribution in [3.63, 3.8) is 0 Å². The zero-order valence-corrected chi connectivity index (χ0v) is 16.6. The number of aromatic nitrogens is 2. The molecule has 1 atom stereocenters. The lowest BCUT2D eigenvalue weighted by Crippen LogP contribution is -2.15. The number of benzene rings is 1. The van der Waals surface area contributed by atoms with Crippen molar-refractivity contribution >= 4 is 49.2 Å². The molecule has 1 N–H and O–H groups in total. The van der Waals surface area contributed by atoms with E-state index in [-0.39, 0.29) is 17.7 Å². The fourth-order valence-corrected chi connectivity index (χ4v) is 4.02. The molecule has 0 spiro atoms. The second kappa shape index (κ2) is 6.47. The van der Waals surface area contributed by atoms with Crippen molar-refractivity contribution in [2.45, 2.75) is 24.3 Å². The van der Waals surface area contributed by atoms with Crippen LogP contribution in [0.2, 0.25) is 5.02 Å². The van der Waals surface area contributed by atoms with Gasteiger partial charge < -0.3 is 5.32 Å². The third kappa shape index (κ3) is 4.84. The summed E-state index contributed by atoms with van der Waals surface area (Å²) < 4.78 is 64.0. The van der Waals surface area contributed by atoms with Crippen LogP contribution in [0.5, 0.6) is 0 Å². The Labute approximate surface area is 166 Å². The molecule has 0 saturated carbocycles. The number of hydrogen-bond acceptors (Lipinski definition) is 4. The van der Waals surface area contributed by atoms with Gasteiger partial charge in [0.25, 0.3) is 0 Å². The largest absolute Gasteiger partial charge is 0.366 e. The molecule has 0 aliphatic carbocycles. The highest BCUT2D eigenvalue weighted by Crippen LogP contribution is 3.02. The Morgan fingerprint density at radius 3 is 2.61 bits per heavy atom. The van der Waals surface area contributed by atoms with Gasteiger partial charge in [-0.05, 0) is 36.6 Å². The Morgan fingerprint density at radius 2 is 1.93 bits per heavy atom. The quantitative estimate of drug-likeness (QED) is 0.334. The summed E-state index contributed by atoms with van der Waals surface area (Å²) in [5.41, 5.74) is 0.0433. The Balaban J connectivity index is 1.71. The standard InChI is InChI=1S/C17H13ClF5N3S2/c1-11(26-16-14-7-8-27-17(14)25-10-24-16)3-2-4-12-5-6-13(9-15(12)18)28(19,20,21,22)23/h5-11H,3H2,1H3,(H,24,25,26). The molecule has 11 heteroatoms. The van der Waals surface area contributed by atoms with Crippen LogP contribution in [0, 0.1) is 11.8 Å². The highest BCUT2D eigenvalue weighted by Gasteiger charge is 2.65. The van der Waals surface area contributed by atoms with Gasteiger partial charge in [0.2, 0.25) is 0 Å². The summed E-state index contributed by atoms with van der Waals surface area (Å²) >= 11 is 7.19. The van der Waals surface area contributed by atoms with Crippen molar-refractivity contribution in [1.29, 1.82) is 0 Å². The van der Waals surface area contributed by atoms with E-state index in [1.54, 1.807) is 0 Å². The minimum atomic E-state index is -9.76. The molecule has 28 heavy (non-hydrogen) atoms. The molecule has 3 aromatic rings. The molecule has 0 aliphatic rings. The van der Waals surface area contributed by atoms with Crippen molar-refractivity contribution in [3.8, 4) is 11.8 Å². The summed E-state index contributed by atoms with van der Waals surface area (Å²) in [6.45, 7) is 1.85. The van der Waals surface area contributed by atoms with Crippen molar-refractivity contribution in [3.05, 3.63) is 46.6 Å². The number of anilines is 1. The first-order valence-electron chi connectivity index (χ1n) is 7.81. The molecule has 0 amide bonds. The Kier molecular flexibility index (Phi) is 4.77. The number of rotatable bonds is 4. The fraction of sp³-hybridized carbons (Fsp3) is 0.176. The van der Waals surface area contributed by atoms with Crippen molar-refractivity contribution in [2.75, 3.05) is 5.32 Å². The van der Waals surface area contributed by atoms with E-state index in [1.165, 1.54) is 17.7 Å². The molecule has 3 nitrogen and oxygen atoms in total. The Bertz CT molecular complexity index is 1100. The first kappa shape index (κ1) is 20.6. The SMILES string of the molecule is CC(CC#Cc1ccc(S(F)(F)(F)(F)F)cc1Cl)Nc1ncnc2sccc12. The molecular formula is C17H13ClF5N3S2. The second-order valence-electron chi connectivity index (χ2n) is 6.02. The van der Waals surface area contributed by atoms with Crippen molar-refractivity contribution in [2.24, 2.45) is 0 Å². The molecule has 0 bridgehead atoms. The van der Waals surface area contributed by atoms with Gasteiger partial charge in [-0.2, -0.15) is 0 Å². The molecule has 1 unspecified atom stereocenters. The molecule has 0 saturated heterocycles. The molecule has 1 aromatic carbocycles. The van der Waals surface area contributed by atoms with Crippen LogP contribution in [0.1, 0.15) is 18.9 Å². The summed E-state index contributed by atoms with van der Waals surface area (Å²) in [4.78, 5) is 7.14. The van der Waals surface area contributed by atoms with E-state index in [1.807, 2.05) is 18.4 Å². The highest BCUT2D eigenvalue weighted by atomic mass is 35.5. The number of hydrogen-bond donors (Lipinski definition) is 1. The first-order valence-corrected chi connectivity index (χ1v) is 11.0. The van der Waals surface area contributed by atoms with Crippen LogP contribution >= 0.6 is 33.2 Å². The van der Waals surface area contributed by atoms with Crippen LogP contribution < -0.4 is 5.32 Å². The summed E-state index contributed by atoms with van der Waals surface area (Å²) in [7, 11) is -9.76. The van der Waals surface area contributed by atoms with Crippen LogP contribution in [0.4, 0.5) is 25.2 Å². The van der Waals surface area contributed by atoms with Gasteiger partial charge >= 0.3 is 10.2 Å². The number of halogens is 6. The third-order valence-corrected chi connectivity index (χ3v) is 5.94. The molecule has 0 aliphatic heterocycles. The molecule has 2 heterocycles. The lowest BCUT2D eigenvalue weighted by atomic mass is 10.2. The maximum Gasteiger partial charge on any atom is 0.310 e. The molecule has 3 rings (SSSR count). The Morgan fingerprint density at radius 1 is 1.18 bits per heavy atom.